The molecule has 1 atom stereocenters. The molecule has 0 heterocycles. The van der Waals surface area contributed by atoms with Crippen molar-refractivity contribution in [3.63, 3.8) is 0 Å². The van der Waals surface area contributed by atoms with Crippen LogP contribution in [0.1, 0.15) is 49.5 Å². The highest BCUT2D eigenvalue weighted by Crippen LogP contribution is 2.42. The average Bonchev–Trinajstić information content (AvgIpc) is 2.74. The van der Waals surface area contributed by atoms with Gasteiger partial charge in [0.1, 0.15) is 11.5 Å². The zero-order chi connectivity index (χ0) is 13.7. The van der Waals surface area contributed by atoms with Crippen LogP contribution in [0, 0.1) is 5.92 Å². The molecule has 1 aromatic carbocycles. The van der Waals surface area contributed by atoms with Gasteiger partial charge in [0.2, 0.25) is 0 Å². The second-order valence-electron chi connectivity index (χ2n) is 5.26. The monoisotopic (exact) mass is 282 g/mol. The molecular formula is C16H23ClO2. The molecule has 1 saturated carbocycles. The second kappa shape index (κ2) is 7.04. The van der Waals surface area contributed by atoms with E-state index < -0.39 is 0 Å². The molecule has 0 N–H and O–H groups in total. The maximum atomic E-state index is 6.72. The van der Waals surface area contributed by atoms with E-state index in [4.69, 9.17) is 21.1 Å². The molecule has 0 aromatic heterocycles. The number of rotatable bonds is 4. The molecule has 106 valence electrons. The van der Waals surface area contributed by atoms with Crippen LogP contribution in [-0.2, 0) is 0 Å². The summed E-state index contributed by atoms with van der Waals surface area (Å²) in [5, 5.41) is 0.0407. The molecule has 0 saturated heterocycles. The van der Waals surface area contributed by atoms with E-state index in [1.54, 1.807) is 14.2 Å². The third kappa shape index (κ3) is 3.56. The van der Waals surface area contributed by atoms with Gasteiger partial charge in [-0.25, -0.2) is 0 Å². The van der Waals surface area contributed by atoms with Crippen LogP contribution in [-0.4, -0.2) is 14.2 Å². The Bertz CT molecular complexity index is 398. The first kappa shape index (κ1) is 14.5. The molecule has 0 amide bonds. The van der Waals surface area contributed by atoms with E-state index in [1.165, 1.54) is 38.5 Å². The summed E-state index contributed by atoms with van der Waals surface area (Å²) in [4.78, 5) is 0. The maximum Gasteiger partial charge on any atom is 0.127 e. The third-order valence-electron chi connectivity index (χ3n) is 4.05. The summed E-state index contributed by atoms with van der Waals surface area (Å²) in [6, 6.07) is 5.92. The zero-order valence-electron chi connectivity index (χ0n) is 11.8. The van der Waals surface area contributed by atoms with Gasteiger partial charge in [-0.3, -0.25) is 0 Å². The Morgan fingerprint density at radius 2 is 1.74 bits per heavy atom. The van der Waals surface area contributed by atoms with E-state index in [2.05, 4.69) is 0 Å². The fourth-order valence-corrected chi connectivity index (χ4v) is 3.34. The van der Waals surface area contributed by atoms with Gasteiger partial charge in [0.25, 0.3) is 0 Å². The van der Waals surface area contributed by atoms with E-state index >= 15 is 0 Å². The number of hydrogen-bond donors (Lipinski definition) is 0. The predicted octanol–water partition coefficient (Wildman–Crippen LogP) is 4.95. The average molecular weight is 283 g/mol. The zero-order valence-corrected chi connectivity index (χ0v) is 12.6. The first-order valence-electron chi connectivity index (χ1n) is 7.12. The summed E-state index contributed by atoms with van der Waals surface area (Å²) in [5.41, 5.74) is 1.09. The Labute approximate surface area is 121 Å². The molecule has 2 rings (SSSR count). The minimum Gasteiger partial charge on any atom is -0.497 e. The lowest BCUT2D eigenvalue weighted by Gasteiger charge is -2.23. The molecule has 1 unspecified atom stereocenters. The SMILES string of the molecule is COc1ccc(C(Cl)C2CCCCCC2)c(OC)c1. The number of alkyl halides is 1. The van der Waals surface area contributed by atoms with Crippen molar-refractivity contribution in [1.29, 1.82) is 0 Å². The van der Waals surface area contributed by atoms with E-state index in [0.29, 0.717) is 5.92 Å². The molecule has 1 aromatic rings. The number of benzene rings is 1. The van der Waals surface area contributed by atoms with Crippen molar-refractivity contribution in [2.45, 2.75) is 43.9 Å². The summed E-state index contributed by atoms with van der Waals surface area (Å²) < 4.78 is 10.7. The summed E-state index contributed by atoms with van der Waals surface area (Å²) in [6.07, 6.45) is 7.74. The van der Waals surface area contributed by atoms with Gasteiger partial charge in [-0.2, -0.15) is 0 Å². The van der Waals surface area contributed by atoms with Gasteiger partial charge in [-0.05, 0) is 24.8 Å². The highest BCUT2D eigenvalue weighted by Gasteiger charge is 2.25. The fourth-order valence-electron chi connectivity index (χ4n) is 2.90. The summed E-state index contributed by atoms with van der Waals surface area (Å²) in [7, 11) is 3.35. The first-order valence-corrected chi connectivity index (χ1v) is 7.56. The van der Waals surface area contributed by atoms with E-state index in [9.17, 15) is 0 Å². The smallest absolute Gasteiger partial charge is 0.127 e. The predicted molar refractivity (Wildman–Crippen MR) is 79.3 cm³/mol. The number of ether oxygens (including phenoxy) is 2. The summed E-state index contributed by atoms with van der Waals surface area (Å²) in [5.74, 6) is 2.21. The lowest BCUT2D eigenvalue weighted by Crippen LogP contribution is -2.08. The van der Waals surface area contributed by atoms with Crippen molar-refractivity contribution in [3.8, 4) is 11.5 Å². The Morgan fingerprint density at radius 3 is 2.32 bits per heavy atom. The summed E-state index contributed by atoms with van der Waals surface area (Å²) in [6.45, 7) is 0. The highest BCUT2D eigenvalue weighted by atomic mass is 35.5. The number of halogens is 1. The first-order chi connectivity index (χ1) is 9.26. The van der Waals surface area contributed by atoms with Crippen LogP contribution < -0.4 is 9.47 Å². The molecule has 1 aliphatic rings. The third-order valence-corrected chi connectivity index (χ3v) is 4.64. The van der Waals surface area contributed by atoms with Crippen LogP contribution in [0.25, 0.3) is 0 Å². The van der Waals surface area contributed by atoms with Crippen molar-refractivity contribution in [2.24, 2.45) is 5.92 Å². The Kier molecular flexibility index (Phi) is 5.38. The molecule has 19 heavy (non-hydrogen) atoms. The van der Waals surface area contributed by atoms with Crippen LogP contribution in [0.5, 0.6) is 11.5 Å². The molecule has 1 fully saturated rings. The molecular weight excluding hydrogens is 260 g/mol. The van der Waals surface area contributed by atoms with Gasteiger partial charge in [-0.15, -0.1) is 11.6 Å². The van der Waals surface area contributed by atoms with Crippen LogP contribution in [0.4, 0.5) is 0 Å². The van der Waals surface area contributed by atoms with E-state index in [0.717, 1.165) is 17.1 Å². The molecule has 3 heteroatoms. The maximum absolute atomic E-state index is 6.72. The van der Waals surface area contributed by atoms with Crippen LogP contribution in [0.3, 0.4) is 0 Å². The van der Waals surface area contributed by atoms with Gasteiger partial charge >= 0.3 is 0 Å². The fraction of sp³-hybridized carbons (Fsp3) is 0.625. The minimum atomic E-state index is 0.0407. The lowest BCUT2D eigenvalue weighted by molar-refractivity contribution is 0.381. The second-order valence-corrected chi connectivity index (χ2v) is 5.73. The normalized spacial score (nSPS) is 18.7. The van der Waals surface area contributed by atoms with Gasteiger partial charge < -0.3 is 9.47 Å². The van der Waals surface area contributed by atoms with E-state index in [1.807, 2.05) is 18.2 Å². The van der Waals surface area contributed by atoms with E-state index in [-0.39, 0.29) is 5.38 Å². The van der Waals surface area contributed by atoms with Crippen molar-refractivity contribution >= 4 is 11.6 Å². The van der Waals surface area contributed by atoms with Gasteiger partial charge in [0.05, 0.1) is 19.6 Å². The van der Waals surface area contributed by atoms with Crippen molar-refractivity contribution in [2.75, 3.05) is 14.2 Å². The summed E-state index contributed by atoms with van der Waals surface area (Å²) >= 11 is 6.72. The van der Waals surface area contributed by atoms with Gasteiger partial charge in [-0.1, -0.05) is 31.7 Å². The number of methoxy groups -OCH3 is 2. The highest BCUT2D eigenvalue weighted by molar-refractivity contribution is 6.21. The van der Waals surface area contributed by atoms with Gasteiger partial charge in [0.15, 0.2) is 0 Å². The Hall–Kier alpha value is -0.890. The number of hydrogen-bond acceptors (Lipinski definition) is 2. The van der Waals surface area contributed by atoms with Crippen molar-refractivity contribution in [1.82, 2.24) is 0 Å². The topological polar surface area (TPSA) is 18.5 Å². The van der Waals surface area contributed by atoms with Crippen LogP contribution >= 0.6 is 11.6 Å². The standard InChI is InChI=1S/C16H23ClO2/c1-18-13-9-10-14(15(11-13)19-2)16(17)12-7-5-3-4-6-8-12/h9-12,16H,3-8H2,1-2H3. The van der Waals surface area contributed by atoms with Crippen LogP contribution in [0.2, 0.25) is 0 Å². The molecule has 1 aliphatic carbocycles. The Balaban J connectivity index is 2.19. The van der Waals surface area contributed by atoms with Crippen molar-refractivity contribution in [3.05, 3.63) is 23.8 Å². The largest absolute Gasteiger partial charge is 0.497 e. The molecule has 0 aliphatic heterocycles. The molecule has 0 radical (unpaired) electrons. The molecule has 2 nitrogen and oxygen atoms in total. The van der Waals surface area contributed by atoms with Crippen LogP contribution in [0.15, 0.2) is 18.2 Å². The van der Waals surface area contributed by atoms with Crippen molar-refractivity contribution < 1.29 is 9.47 Å². The lowest BCUT2D eigenvalue weighted by atomic mass is 9.91. The minimum absolute atomic E-state index is 0.0407. The molecule has 0 bridgehead atoms. The van der Waals surface area contributed by atoms with Gasteiger partial charge in [0, 0.05) is 11.6 Å². The Morgan fingerprint density at radius 1 is 1.05 bits per heavy atom. The quantitative estimate of drug-likeness (QED) is 0.574. The molecule has 0 spiro atoms.